The summed E-state index contributed by atoms with van der Waals surface area (Å²) in [5.74, 6) is 0.791. The molecule has 0 bridgehead atoms. The van der Waals surface area contributed by atoms with Gasteiger partial charge in [0, 0.05) is 5.56 Å². The van der Waals surface area contributed by atoms with Crippen LogP contribution in [-0.2, 0) is 0 Å². The van der Waals surface area contributed by atoms with Gasteiger partial charge in [0.2, 0.25) is 0 Å². The summed E-state index contributed by atoms with van der Waals surface area (Å²) in [4.78, 5) is 19.0. The lowest BCUT2D eigenvalue weighted by Gasteiger charge is -2.03. The van der Waals surface area contributed by atoms with E-state index >= 15 is 0 Å². The largest absolute Gasteiger partial charge is 0.342 e. The summed E-state index contributed by atoms with van der Waals surface area (Å²) in [6, 6.07) is 4.91. The number of Topliss-reactive ketones (excluding diaryl/α,β-unsaturated/α-hetero) is 1. The lowest BCUT2D eigenvalue weighted by molar-refractivity contribution is 0.0968. The second kappa shape index (κ2) is 3.47. The topological polar surface area (TPSA) is 71.8 Å². The molecule has 4 heteroatoms. The van der Waals surface area contributed by atoms with Crippen LogP contribution in [0.4, 0.5) is 0 Å². The molecule has 2 rings (SSSR count). The highest BCUT2D eigenvalue weighted by atomic mass is 16.1. The Labute approximate surface area is 87.5 Å². The number of H-pyrrole nitrogens is 1. The molecule has 2 aromatic rings. The molecular weight excluding hydrogens is 190 g/mol. The van der Waals surface area contributed by atoms with E-state index in [1.807, 2.05) is 13.0 Å². The second-order valence-electron chi connectivity index (χ2n) is 3.71. The number of imidazole rings is 1. The molecule has 15 heavy (non-hydrogen) atoms. The molecule has 0 radical (unpaired) electrons. The molecule has 4 nitrogen and oxygen atoms in total. The van der Waals surface area contributed by atoms with Gasteiger partial charge in [-0.15, -0.1) is 0 Å². The minimum absolute atomic E-state index is 0.0517. The summed E-state index contributed by atoms with van der Waals surface area (Å²) >= 11 is 0. The van der Waals surface area contributed by atoms with Gasteiger partial charge >= 0.3 is 0 Å². The third-order valence-corrected chi connectivity index (χ3v) is 2.30. The molecule has 0 saturated carbocycles. The van der Waals surface area contributed by atoms with Crippen LogP contribution in [0, 0.1) is 6.92 Å². The van der Waals surface area contributed by atoms with E-state index in [-0.39, 0.29) is 5.78 Å². The van der Waals surface area contributed by atoms with Crippen molar-refractivity contribution in [1.82, 2.24) is 9.97 Å². The third kappa shape index (κ3) is 1.76. The highest BCUT2D eigenvalue weighted by molar-refractivity contribution is 6.01. The highest BCUT2D eigenvalue weighted by Gasteiger charge is 2.11. The first-order chi connectivity index (χ1) is 7.08. The summed E-state index contributed by atoms with van der Waals surface area (Å²) in [7, 11) is 0. The number of hydrogen-bond acceptors (Lipinski definition) is 3. The molecule has 0 spiro atoms. The van der Waals surface area contributed by atoms with Gasteiger partial charge in [-0.3, -0.25) is 4.79 Å². The molecule has 1 heterocycles. The van der Waals surface area contributed by atoms with E-state index in [1.165, 1.54) is 0 Å². The van der Waals surface area contributed by atoms with E-state index in [2.05, 4.69) is 9.97 Å². The number of nitrogens with one attached hydrogen (secondary N) is 1. The monoisotopic (exact) mass is 203 g/mol. The number of aromatic nitrogens is 2. The van der Waals surface area contributed by atoms with Gasteiger partial charge in [-0.05, 0) is 32.0 Å². The van der Waals surface area contributed by atoms with Gasteiger partial charge in [0.15, 0.2) is 5.78 Å². The van der Waals surface area contributed by atoms with E-state index in [0.29, 0.717) is 5.56 Å². The predicted octanol–water partition coefficient (Wildman–Crippen LogP) is 1.40. The standard InChI is InChI=1S/C11H13N3O/c1-6(12)11(15)8-3-4-9-10(5-8)14-7(2)13-9/h3-6H,12H2,1-2H3,(H,13,14). The molecule has 0 aliphatic rings. The van der Waals surface area contributed by atoms with Gasteiger partial charge in [-0.1, -0.05) is 0 Å². The maximum Gasteiger partial charge on any atom is 0.179 e. The first-order valence-corrected chi connectivity index (χ1v) is 4.84. The van der Waals surface area contributed by atoms with E-state index in [4.69, 9.17) is 5.73 Å². The van der Waals surface area contributed by atoms with Crippen molar-refractivity contribution in [2.24, 2.45) is 5.73 Å². The Hall–Kier alpha value is -1.68. The minimum atomic E-state index is -0.466. The maximum atomic E-state index is 11.6. The normalized spacial score (nSPS) is 13.0. The fourth-order valence-corrected chi connectivity index (χ4v) is 1.55. The van der Waals surface area contributed by atoms with E-state index in [9.17, 15) is 4.79 Å². The number of aryl methyl sites for hydroxylation is 1. The third-order valence-electron chi connectivity index (χ3n) is 2.30. The molecule has 1 unspecified atom stereocenters. The van der Waals surface area contributed by atoms with Crippen molar-refractivity contribution >= 4 is 16.8 Å². The van der Waals surface area contributed by atoms with Gasteiger partial charge in [-0.25, -0.2) is 4.98 Å². The van der Waals surface area contributed by atoms with Gasteiger partial charge in [0.25, 0.3) is 0 Å². The first-order valence-electron chi connectivity index (χ1n) is 4.84. The van der Waals surface area contributed by atoms with Crippen LogP contribution < -0.4 is 5.73 Å². The fraction of sp³-hybridized carbons (Fsp3) is 0.273. The molecule has 0 amide bonds. The van der Waals surface area contributed by atoms with Crippen molar-refractivity contribution in [3.05, 3.63) is 29.6 Å². The van der Waals surface area contributed by atoms with Crippen LogP contribution in [0.1, 0.15) is 23.1 Å². The summed E-state index contributed by atoms with van der Waals surface area (Å²) in [6.07, 6.45) is 0. The Morgan fingerprint density at radius 1 is 1.53 bits per heavy atom. The van der Waals surface area contributed by atoms with Gasteiger partial charge < -0.3 is 10.7 Å². The average molecular weight is 203 g/mol. The first kappa shape index (κ1) is 9.86. The van der Waals surface area contributed by atoms with Crippen LogP contribution in [0.15, 0.2) is 18.2 Å². The van der Waals surface area contributed by atoms with Crippen molar-refractivity contribution in [3.8, 4) is 0 Å². The zero-order valence-electron chi connectivity index (χ0n) is 8.74. The predicted molar refractivity (Wildman–Crippen MR) is 58.8 cm³/mol. The number of nitrogens with zero attached hydrogens (tertiary/aromatic N) is 1. The van der Waals surface area contributed by atoms with E-state index < -0.39 is 6.04 Å². The Morgan fingerprint density at radius 2 is 2.27 bits per heavy atom. The Balaban J connectivity index is 2.51. The van der Waals surface area contributed by atoms with Crippen LogP contribution in [0.3, 0.4) is 0 Å². The SMILES string of the molecule is Cc1nc2ccc(C(=O)C(C)N)cc2[nH]1. The molecule has 1 aromatic carbocycles. The van der Waals surface area contributed by atoms with Crippen LogP contribution in [0.5, 0.6) is 0 Å². The lowest BCUT2D eigenvalue weighted by Crippen LogP contribution is -2.26. The van der Waals surface area contributed by atoms with Crippen LogP contribution in [-0.4, -0.2) is 21.8 Å². The smallest absolute Gasteiger partial charge is 0.179 e. The van der Waals surface area contributed by atoms with Gasteiger partial charge in [-0.2, -0.15) is 0 Å². The van der Waals surface area contributed by atoms with Crippen molar-refractivity contribution < 1.29 is 4.79 Å². The summed E-state index contributed by atoms with van der Waals surface area (Å²) in [5.41, 5.74) is 7.91. The molecule has 0 fully saturated rings. The molecule has 78 valence electrons. The molecule has 0 aliphatic heterocycles. The number of ketones is 1. The number of carbonyl (C=O) groups excluding carboxylic acids is 1. The molecule has 1 atom stereocenters. The van der Waals surface area contributed by atoms with E-state index in [0.717, 1.165) is 16.9 Å². The molecule has 3 N–H and O–H groups in total. The van der Waals surface area contributed by atoms with Crippen molar-refractivity contribution in [1.29, 1.82) is 0 Å². The summed E-state index contributed by atoms with van der Waals surface area (Å²) in [6.45, 7) is 3.57. The minimum Gasteiger partial charge on any atom is -0.342 e. The second-order valence-corrected chi connectivity index (χ2v) is 3.71. The number of carbonyl (C=O) groups is 1. The van der Waals surface area contributed by atoms with Crippen molar-refractivity contribution in [3.63, 3.8) is 0 Å². The van der Waals surface area contributed by atoms with Crippen LogP contribution >= 0.6 is 0 Å². The molecule has 0 saturated heterocycles. The highest BCUT2D eigenvalue weighted by Crippen LogP contribution is 2.14. The quantitative estimate of drug-likeness (QED) is 0.725. The fourth-order valence-electron chi connectivity index (χ4n) is 1.55. The summed E-state index contributed by atoms with van der Waals surface area (Å²) < 4.78 is 0. The van der Waals surface area contributed by atoms with Crippen molar-refractivity contribution in [2.45, 2.75) is 19.9 Å². The number of fused-ring (bicyclic) bond motifs is 1. The lowest BCUT2D eigenvalue weighted by atomic mass is 10.1. The Bertz CT molecular complexity index is 514. The van der Waals surface area contributed by atoms with Gasteiger partial charge in [0.1, 0.15) is 5.82 Å². The molecule has 1 aromatic heterocycles. The van der Waals surface area contributed by atoms with E-state index in [1.54, 1.807) is 19.1 Å². The van der Waals surface area contributed by atoms with Crippen LogP contribution in [0.2, 0.25) is 0 Å². The average Bonchev–Trinajstić information content (AvgIpc) is 2.55. The number of aromatic amines is 1. The Kier molecular flexibility index (Phi) is 2.28. The Morgan fingerprint density at radius 3 is 2.93 bits per heavy atom. The van der Waals surface area contributed by atoms with Gasteiger partial charge in [0.05, 0.1) is 17.1 Å². The number of nitrogens with two attached hydrogens (primary N) is 1. The number of hydrogen-bond donors (Lipinski definition) is 2. The number of rotatable bonds is 2. The number of benzene rings is 1. The van der Waals surface area contributed by atoms with Crippen LogP contribution in [0.25, 0.3) is 11.0 Å². The summed E-state index contributed by atoms with van der Waals surface area (Å²) in [5, 5.41) is 0. The molecule has 0 aliphatic carbocycles. The van der Waals surface area contributed by atoms with Crippen molar-refractivity contribution in [2.75, 3.05) is 0 Å². The maximum absolute atomic E-state index is 11.6. The zero-order chi connectivity index (χ0) is 11.0. The molecular formula is C11H13N3O. The zero-order valence-corrected chi connectivity index (χ0v) is 8.74.